The summed E-state index contributed by atoms with van der Waals surface area (Å²) in [6.45, 7) is 4.29. The normalized spacial score (nSPS) is 24.6. The molecule has 2 aliphatic rings. The van der Waals surface area contributed by atoms with E-state index < -0.39 is 0 Å². The number of carbonyl (C=O) groups is 1. The molecule has 3 rings (SSSR count). The van der Waals surface area contributed by atoms with Gasteiger partial charge in [-0.2, -0.15) is 0 Å². The molecule has 3 unspecified atom stereocenters. The first-order valence-corrected chi connectivity index (χ1v) is 9.54. The second-order valence-corrected chi connectivity index (χ2v) is 7.31. The Balaban J connectivity index is 1.64. The molecular formula is C21H30N2O3. The average molecular weight is 358 g/mol. The number of hydrogen-bond acceptors (Lipinski definition) is 4. The van der Waals surface area contributed by atoms with Crippen LogP contribution in [0.25, 0.3) is 0 Å². The number of methoxy groups -OCH3 is 2. The van der Waals surface area contributed by atoms with Gasteiger partial charge in [0.1, 0.15) is 0 Å². The van der Waals surface area contributed by atoms with Gasteiger partial charge in [-0.15, -0.1) is 6.58 Å². The van der Waals surface area contributed by atoms with Crippen molar-refractivity contribution >= 4 is 5.91 Å². The third kappa shape index (κ3) is 4.04. The molecule has 1 amide bonds. The zero-order chi connectivity index (χ0) is 18.5. The van der Waals surface area contributed by atoms with Crippen molar-refractivity contribution in [1.82, 2.24) is 10.6 Å². The predicted molar refractivity (Wildman–Crippen MR) is 103 cm³/mol. The maximum atomic E-state index is 12.6. The van der Waals surface area contributed by atoms with E-state index >= 15 is 0 Å². The zero-order valence-corrected chi connectivity index (χ0v) is 15.8. The van der Waals surface area contributed by atoms with Crippen LogP contribution >= 0.6 is 0 Å². The lowest BCUT2D eigenvalue weighted by molar-refractivity contribution is -0.123. The average Bonchev–Trinajstić information content (AvgIpc) is 3.10. The van der Waals surface area contributed by atoms with E-state index in [2.05, 4.69) is 17.2 Å². The lowest BCUT2D eigenvalue weighted by atomic mass is 9.85. The Labute approximate surface area is 156 Å². The molecule has 3 atom stereocenters. The number of carbonyl (C=O) groups excluding carboxylic acids is 1. The Bertz CT molecular complexity index is 645. The summed E-state index contributed by atoms with van der Waals surface area (Å²) in [6.07, 6.45) is 8.52. The van der Waals surface area contributed by atoms with Crippen molar-refractivity contribution in [1.29, 1.82) is 0 Å². The van der Waals surface area contributed by atoms with Gasteiger partial charge in [-0.3, -0.25) is 4.79 Å². The van der Waals surface area contributed by atoms with Gasteiger partial charge in [0.15, 0.2) is 11.5 Å². The molecule has 0 spiro atoms. The highest BCUT2D eigenvalue weighted by Crippen LogP contribution is 2.34. The van der Waals surface area contributed by atoms with Crippen LogP contribution in [0.5, 0.6) is 11.5 Å². The van der Waals surface area contributed by atoms with Crippen molar-refractivity contribution in [2.45, 2.75) is 57.2 Å². The monoisotopic (exact) mass is 358 g/mol. The fraction of sp³-hybridized carbons (Fsp3) is 0.571. The lowest BCUT2D eigenvalue weighted by Gasteiger charge is -2.24. The van der Waals surface area contributed by atoms with Crippen LogP contribution in [0.1, 0.15) is 43.2 Å². The Hall–Kier alpha value is -2.01. The highest BCUT2D eigenvalue weighted by Gasteiger charge is 2.38. The fourth-order valence-corrected chi connectivity index (χ4v) is 4.35. The number of hydrogen-bond donors (Lipinski definition) is 2. The van der Waals surface area contributed by atoms with Gasteiger partial charge in [-0.1, -0.05) is 18.9 Å². The Kier molecular flexibility index (Phi) is 6.20. The van der Waals surface area contributed by atoms with Gasteiger partial charge in [0.05, 0.1) is 20.3 Å². The summed E-state index contributed by atoms with van der Waals surface area (Å²) in [7, 11) is 3.26. The molecule has 1 aliphatic heterocycles. The number of benzene rings is 1. The molecule has 1 heterocycles. The Morgan fingerprint density at radius 2 is 2.12 bits per heavy atom. The molecule has 2 N–H and O–H groups in total. The predicted octanol–water partition coefficient (Wildman–Crippen LogP) is 2.97. The molecule has 1 aromatic rings. The summed E-state index contributed by atoms with van der Waals surface area (Å²) >= 11 is 0. The van der Waals surface area contributed by atoms with Crippen LogP contribution in [-0.2, 0) is 17.8 Å². The topological polar surface area (TPSA) is 59.6 Å². The van der Waals surface area contributed by atoms with E-state index in [4.69, 9.17) is 9.47 Å². The second kappa shape index (κ2) is 8.58. The highest BCUT2D eigenvalue weighted by atomic mass is 16.5. The van der Waals surface area contributed by atoms with Crippen molar-refractivity contribution in [3.63, 3.8) is 0 Å². The summed E-state index contributed by atoms with van der Waals surface area (Å²) in [4.78, 5) is 12.6. The van der Waals surface area contributed by atoms with Gasteiger partial charge < -0.3 is 20.1 Å². The van der Waals surface area contributed by atoms with E-state index in [1.807, 2.05) is 18.2 Å². The minimum atomic E-state index is -0.0594. The van der Waals surface area contributed by atoms with Crippen molar-refractivity contribution < 1.29 is 14.3 Å². The third-order valence-electron chi connectivity index (χ3n) is 5.63. The summed E-state index contributed by atoms with van der Waals surface area (Å²) < 4.78 is 10.9. The summed E-state index contributed by atoms with van der Waals surface area (Å²) in [5.41, 5.74) is 2.01. The molecule has 26 heavy (non-hydrogen) atoms. The fourth-order valence-electron chi connectivity index (χ4n) is 4.35. The van der Waals surface area contributed by atoms with E-state index in [1.165, 1.54) is 25.7 Å². The lowest BCUT2D eigenvalue weighted by Crippen LogP contribution is -2.42. The first kappa shape index (κ1) is 18.8. The molecular weight excluding hydrogens is 328 g/mol. The van der Waals surface area contributed by atoms with E-state index in [1.54, 1.807) is 14.2 Å². The van der Waals surface area contributed by atoms with Gasteiger partial charge in [-0.25, -0.2) is 0 Å². The van der Waals surface area contributed by atoms with Crippen LogP contribution < -0.4 is 20.1 Å². The molecule has 2 fully saturated rings. The summed E-state index contributed by atoms with van der Waals surface area (Å²) in [6, 6.07) is 4.44. The van der Waals surface area contributed by atoms with E-state index in [0.29, 0.717) is 30.7 Å². The zero-order valence-electron chi connectivity index (χ0n) is 15.8. The van der Waals surface area contributed by atoms with E-state index in [0.717, 1.165) is 23.3 Å². The molecule has 1 aliphatic carbocycles. The number of fused-ring (bicyclic) bond motifs is 1. The minimum absolute atomic E-state index is 0.0594. The van der Waals surface area contributed by atoms with Gasteiger partial charge in [-0.05, 0) is 49.3 Å². The number of allylic oxidation sites excluding steroid dienone is 1. The standard InChI is InChI=1S/C21H30N2O3/c1-4-7-16-10-14(11-19(25-2)20(16)26-3)13-22-21(24)18-12-15-8-5-6-9-17(15)23-18/h4,10-11,15,17-18,23H,1,5-9,12-13H2,2-3H3,(H,22,24). The third-order valence-corrected chi connectivity index (χ3v) is 5.63. The van der Waals surface area contributed by atoms with Gasteiger partial charge in [0.25, 0.3) is 0 Å². The molecule has 1 saturated heterocycles. The highest BCUT2D eigenvalue weighted by molar-refractivity contribution is 5.82. The van der Waals surface area contributed by atoms with Crippen LogP contribution in [0.3, 0.4) is 0 Å². The van der Waals surface area contributed by atoms with Gasteiger partial charge in [0.2, 0.25) is 5.91 Å². The number of nitrogens with one attached hydrogen (secondary N) is 2. The van der Waals surface area contributed by atoms with Crippen LogP contribution in [0, 0.1) is 5.92 Å². The smallest absolute Gasteiger partial charge is 0.237 e. The molecule has 5 heteroatoms. The van der Waals surface area contributed by atoms with Crippen LogP contribution in [0.4, 0.5) is 0 Å². The molecule has 0 radical (unpaired) electrons. The first-order chi connectivity index (χ1) is 12.7. The Morgan fingerprint density at radius 3 is 2.81 bits per heavy atom. The molecule has 5 nitrogen and oxygen atoms in total. The number of rotatable bonds is 7. The molecule has 0 aromatic heterocycles. The minimum Gasteiger partial charge on any atom is -0.493 e. The quantitative estimate of drug-likeness (QED) is 0.736. The van der Waals surface area contributed by atoms with Gasteiger partial charge in [0, 0.05) is 18.2 Å². The number of ether oxygens (including phenoxy) is 2. The van der Waals surface area contributed by atoms with Crippen molar-refractivity contribution in [3.8, 4) is 11.5 Å². The largest absolute Gasteiger partial charge is 0.493 e. The molecule has 142 valence electrons. The van der Waals surface area contributed by atoms with E-state index in [-0.39, 0.29) is 11.9 Å². The maximum absolute atomic E-state index is 12.6. The molecule has 0 bridgehead atoms. The number of amides is 1. The van der Waals surface area contributed by atoms with Crippen LogP contribution in [0.15, 0.2) is 24.8 Å². The SMILES string of the molecule is C=CCc1cc(CNC(=O)C2CC3CCCCC3N2)cc(OC)c1OC. The van der Waals surface area contributed by atoms with Crippen LogP contribution in [-0.4, -0.2) is 32.2 Å². The van der Waals surface area contributed by atoms with E-state index in [9.17, 15) is 4.79 Å². The van der Waals surface area contributed by atoms with Gasteiger partial charge >= 0.3 is 0 Å². The molecule has 1 aromatic carbocycles. The van der Waals surface area contributed by atoms with Crippen molar-refractivity contribution in [3.05, 3.63) is 35.9 Å². The van der Waals surface area contributed by atoms with Crippen molar-refractivity contribution in [2.24, 2.45) is 5.92 Å². The first-order valence-electron chi connectivity index (χ1n) is 9.54. The second-order valence-electron chi connectivity index (χ2n) is 7.31. The Morgan fingerprint density at radius 1 is 1.31 bits per heavy atom. The van der Waals surface area contributed by atoms with Crippen molar-refractivity contribution in [2.75, 3.05) is 14.2 Å². The summed E-state index contributed by atoms with van der Waals surface area (Å²) in [5, 5.41) is 6.62. The van der Waals surface area contributed by atoms with Crippen LogP contribution in [0.2, 0.25) is 0 Å². The molecule has 1 saturated carbocycles. The maximum Gasteiger partial charge on any atom is 0.237 e. The summed E-state index contributed by atoms with van der Waals surface area (Å²) in [5.74, 6) is 2.17.